The summed E-state index contributed by atoms with van der Waals surface area (Å²) in [6.07, 6.45) is 2.76. The Kier molecular flexibility index (Phi) is 2.42. The first-order valence-electron chi connectivity index (χ1n) is 5.99. The summed E-state index contributed by atoms with van der Waals surface area (Å²) >= 11 is 0. The van der Waals surface area contributed by atoms with Crippen molar-refractivity contribution in [2.24, 2.45) is 10.2 Å². The molecule has 0 fully saturated rings. The van der Waals surface area contributed by atoms with Crippen LogP contribution in [0, 0.1) is 0 Å². The van der Waals surface area contributed by atoms with Crippen molar-refractivity contribution >= 4 is 34.0 Å². The molecular formula is C10H6N10O2. The van der Waals surface area contributed by atoms with Crippen molar-refractivity contribution in [3.8, 4) is 0 Å². The van der Waals surface area contributed by atoms with Gasteiger partial charge in [0.2, 0.25) is 0 Å². The molecule has 4 rings (SSSR count). The molecule has 0 amide bonds. The van der Waals surface area contributed by atoms with E-state index >= 15 is 0 Å². The van der Waals surface area contributed by atoms with Crippen LogP contribution in [-0.2, 0) is 0 Å². The number of imidazole rings is 2. The summed E-state index contributed by atoms with van der Waals surface area (Å²) in [7, 11) is 0. The first-order chi connectivity index (χ1) is 10.7. The monoisotopic (exact) mass is 298 g/mol. The van der Waals surface area contributed by atoms with Gasteiger partial charge in [-0.05, 0) is 0 Å². The summed E-state index contributed by atoms with van der Waals surface area (Å²) in [5.41, 5.74) is 0.0494. The molecule has 4 heterocycles. The molecule has 12 nitrogen and oxygen atoms in total. The number of nitrogens with zero attached hydrogens (tertiary/aromatic N) is 6. The van der Waals surface area contributed by atoms with Crippen molar-refractivity contribution < 1.29 is 0 Å². The molecule has 4 aromatic rings. The van der Waals surface area contributed by atoms with Crippen molar-refractivity contribution in [2.45, 2.75) is 0 Å². The normalized spacial score (nSPS) is 11.8. The number of fused-ring (bicyclic) bond motifs is 2. The van der Waals surface area contributed by atoms with Gasteiger partial charge in [-0.1, -0.05) is 0 Å². The van der Waals surface area contributed by atoms with Crippen LogP contribution in [0.2, 0.25) is 0 Å². The number of azo groups is 1. The van der Waals surface area contributed by atoms with Crippen LogP contribution in [0.25, 0.3) is 22.3 Å². The van der Waals surface area contributed by atoms with E-state index in [1.165, 1.54) is 12.7 Å². The van der Waals surface area contributed by atoms with Crippen LogP contribution in [0.1, 0.15) is 0 Å². The molecule has 0 aromatic carbocycles. The fourth-order valence-electron chi connectivity index (χ4n) is 1.92. The molecule has 0 bridgehead atoms. The predicted octanol–water partition coefficient (Wildman–Crippen LogP) is 0.0212. The smallest absolute Gasteiger partial charge is 0.340 e. The third kappa shape index (κ3) is 1.86. The highest BCUT2D eigenvalue weighted by molar-refractivity contribution is 5.81. The number of rotatable bonds is 2. The van der Waals surface area contributed by atoms with Crippen LogP contribution in [0.15, 0.2) is 32.5 Å². The van der Waals surface area contributed by atoms with E-state index in [4.69, 9.17) is 0 Å². The van der Waals surface area contributed by atoms with Crippen LogP contribution < -0.4 is 11.4 Å². The molecule has 0 aliphatic carbocycles. The SMILES string of the molecule is O=c1nc2nc[nH]c2c(/N=N/c2[nH]c(=O)nc3nc[nH]c23)[nH]1. The summed E-state index contributed by atoms with van der Waals surface area (Å²) < 4.78 is 0. The van der Waals surface area contributed by atoms with Crippen molar-refractivity contribution in [3.63, 3.8) is 0 Å². The lowest BCUT2D eigenvalue weighted by Crippen LogP contribution is -2.09. The molecule has 4 aromatic heterocycles. The Morgan fingerprint density at radius 3 is 1.68 bits per heavy atom. The Labute approximate surface area is 118 Å². The summed E-state index contributed by atoms with van der Waals surface area (Å²) in [5, 5.41) is 7.84. The number of H-pyrrole nitrogens is 4. The Hall–Kier alpha value is -3.70. The number of aromatic amines is 4. The van der Waals surface area contributed by atoms with Crippen LogP contribution in [0.4, 0.5) is 11.6 Å². The Balaban J connectivity index is 1.89. The zero-order valence-corrected chi connectivity index (χ0v) is 10.7. The van der Waals surface area contributed by atoms with Gasteiger partial charge in [-0.2, -0.15) is 9.97 Å². The lowest BCUT2D eigenvalue weighted by Gasteiger charge is -1.95. The maximum atomic E-state index is 11.4. The van der Waals surface area contributed by atoms with E-state index in [0.29, 0.717) is 11.0 Å². The minimum atomic E-state index is -0.608. The standard InChI is InChI=1S/C10H6N10O2/c21-9-15-5-3(11-1-13-5)7(17-9)19-20-8-4-6(14-2-12-4)16-10(22)18-8/h1-2H,(H2,11,13,15,17,21)(H2,12,14,16,18,22)/b20-19+. The second kappa shape index (κ2) is 4.41. The molecule has 22 heavy (non-hydrogen) atoms. The van der Waals surface area contributed by atoms with E-state index in [1.807, 2.05) is 0 Å². The molecular weight excluding hydrogens is 292 g/mol. The molecule has 12 heteroatoms. The van der Waals surface area contributed by atoms with Gasteiger partial charge in [0.05, 0.1) is 12.7 Å². The van der Waals surface area contributed by atoms with Gasteiger partial charge in [0, 0.05) is 0 Å². The maximum absolute atomic E-state index is 11.4. The molecule has 0 spiro atoms. The van der Waals surface area contributed by atoms with E-state index in [2.05, 4.69) is 50.1 Å². The zero-order valence-electron chi connectivity index (χ0n) is 10.7. The van der Waals surface area contributed by atoms with E-state index in [9.17, 15) is 9.59 Å². The molecule has 0 saturated heterocycles. The molecule has 0 atom stereocenters. The summed E-state index contributed by atoms with van der Waals surface area (Å²) in [6, 6.07) is 0. The molecule has 0 saturated carbocycles. The fourth-order valence-corrected chi connectivity index (χ4v) is 1.92. The van der Waals surface area contributed by atoms with Gasteiger partial charge in [-0.25, -0.2) is 19.6 Å². The van der Waals surface area contributed by atoms with Crippen LogP contribution in [0.3, 0.4) is 0 Å². The molecule has 4 N–H and O–H groups in total. The topological polar surface area (TPSA) is 174 Å². The van der Waals surface area contributed by atoms with Gasteiger partial charge in [0.1, 0.15) is 11.0 Å². The highest BCUT2D eigenvalue weighted by Crippen LogP contribution is 2.21. The summed E-state index contributed by atoms with van der Waals surface area (Å²) in [4.78, 5) is 48.4. The average molecular weight is 298 g/mol. The van der Waals surface area contributed by atoms with Crippen molar-refractivity contribution in [1.29, 1.82) is 0 Å². The number of aromatic nitrogens is 8. The largest absolute Gasteiger partial charge is 0.348 e. The Morgan fingerprint density at radius 1 is 0.773 bits per heavy atom. The van der Waals surface area contributed by atoms with E-state index in [1.54, 1.807) is 0 Å². The Bertz CT molecular complexity index is 1040. The minimum absolute atomic E-state index is 0.137. The predicted molar refractivity (Wildman–Crippen MR) is 73.2 cm³/mol. The number of nitrogens with one attached hydrogen (secondary N) is 4. The van der Waals surface area contributed by atoms with Gasteiger partial charge in [-0.3, -0.25) is 9.97 Å². The molecule has 0 radical (unpaired) electrons. The quantitative estimate of drug-likeness (QED) is 0.379. The van der Waals surface area contributed by atoms with Crippen molar-refractivity contribution in [3.05, 3.63) is 33.6 Å². The van der Waals surface area contributed by atoms with E-state index < -0.39 is 11.4 Å². The van der Waals surface area contributed by atoms with E-state index in [-0.39, 0.29) is 22.9 Å². The van der Waals surface area contributed by atoms with Crippen LogP contribution >= 0.6 is 0 Å². The van der Waals surface area contributed by atoms with E-state index in [0.717, 1.165) is 0 Å². The zero-order chi connectivity index (χ0) is 15.1. The van der Waals surface area contributed by atoms with Gasteiger partial charge < -0.3 is 9.97 Å². The third-order valence-electron chi connectivity index (χ3n) is 2.83. The van der Waals surface area contributed by atoms with Gasteiger partial charge in [-0.15, -0.1) is 10.2 Å². The fraction of sp³-hybridized carbons (Fsp3) is 0. The minimum Gasteiger partial charge on any atom is -0.340 e. The number of hydrogen-bond acceptors (Lipinski definition) is 8. The third-order valence-corrected chi connectivity index (χ3v) is 2.83. The lowest BCUT2D eigenvalue weighted by molar-refractivity contribution is 1.03. The second-order valence-corrected chi connectivity index (χ2v) is 4.18. The summed E-state index contributed by atoms with van der Waals surface area (Å²) in [5.74, 6) is 0.274. The average Bonchev–Trinajstić information content (AvgIpc) is 3.12. The highest BCUT2D eigenvalue weighted by Gasteiger charge is 2.09. The highest BCUT2D eigenvalue weighted by atomic mass is 16.1. The first-order valence-corrected chi connectivity index (χ1v) is 5.99. The molecule has 0 aliphatic heterocycles. The van der Waals surface area contributed by atoms with Gasteiger partial charge in [0.25, 0.3) is 0 Å². The number of hydrogen-bond donors (Lipinski definition) is 4. The molecule has 0 unspecified atom stereocenters. The van der Waals surface area contributed by atoms with Gasteiger partial charge in [0.15, 0.2) is 22.9 Å². The maximum Gasteiger partial charge on any atom is 0.348 e. The lowest BCUT2D eigenvalue weighted by atomic mass is 10.5. The molecule has 0 aliphatic rings. The second-order valence-electron chi connectivity index (χ2n) is 4.18. The first kappa shape index (κ1) is 12.1. The summed E-state index contributed by atoms with van der Waals surface area (Å²) in [6.45, 7) is 0. The molecule has 108 valence electrons. The van der Waals surface area contributed by atoms with Crippen molar-refractivity contribution in [1.82, 2.24) is 39.9 Å². The van der Waals surface area contributed by atoms with Crippen molar-refractivity contribution in [2.75, 3.05) is 0 Å². The Morgan fingerprint density at radius 2 is 1.23 bits per heavy atom. The van der Waals surface area contributed by atoms with Crippen LogP contribution in [0.5, 0.6) is 0 Å². The van der Waals surface area contributed by atoms with Gasteiger partial charge >= 0.3 is 11.4 Å². The van der Waals surface area contributed by atoms with Crippen LogP contribution in [-0.4, -0.2) is 39.9 Å².